The molecule has 0 aromatic heterocycles. The number of carbonyl (C=O) groups excluding carboxylic acids is 1. The lowest BCUT2D eigenvalue weighted by molar-refractivity contribution is -0.385. The molecule has 20 heavy (non-hydrogen) atoms. The first-order valence-corrected chi connectivity index (χ1v) is 6.07. The van der Waals surface area contributed by atoms with Gasteiger partial charge in [-0.05, 0) is 12.5 Å². The number of hydrogen-bond acceptors (Lipinski definition) is 5. The van der Waals surface area contributed by atoms with Gasteiger partial charge in [-0.25, -0.2) is 0 Å². The molecule has 1 amide bonds. The molecule has 1 atom stereocenters. The fourth-order valence-electron chi connectivity index (χ4n) is 1.76. The quantitative estimate of drug-likeness (QED) is 0.632. The lowest BCUT2D eigenvalue weighted by atomic mass is 10.1. The molecule has 0 aliphatic heterocycles. The second-order valence-corrected chi connectivity index (χ2v) is 4.06. The minimum absolute atomic E-state index is 0.0399. The number of nitro benzene ring substituents is 1. The van der Waals surface area contributed by atoms with Gasteiger partial charge in [0.25, 0.3) is 5.91 Å². The number of amides is 1. The van der Waals surface area contributed by atoms with Crippen molar-refractivity contribution in [3.05, 3.63) is 33.9 Å². The van der Waals surface area contributed by atoms with Gasteiger partial charge in [-0.3, -0.25) is 14.9 Å². The van der Waals surface area contributed by atoms with Crippen LogP contribution in [0.4, 0.5) is 5.69 Å². The number of benzene rings is 1. The molecule has 106 valence electrons. The fraction of sp³-hybridized carbons (Fsp3) is 0.385. The molecule has 0 heterocycles. The van der Waals surface area contributed by atoms with E-state index in [1.54, 1.807) is 0 Å². The van der Waals surface area contributed by atoms with Crippen molar-refractivity contribution in [1.29, 1.82) is 5.26 Å². The molecule has 0 aliphatic carbocycles. The molecule has 0 aliphatic rings. The first-order chi connectivity index (χ1) is 9.54. The summed E-state index contributed by atoms with van der Waals surface area (Å²) in [6, 6.07) is 5.41. The van der Waals surface area contributed by atoms with Gasteiger partial charge in [0.2, 0.25) is 5.75 Å². The largest absolute Gasteiger partial charge is 0.490 e. The number of nitriles is 1. The summed E-state index contributed by atoms with van der Waals surface area (Å²) in [6.07, 6.45) is 1.25. The minimum Gasteiger partial charge on any atom is -0.490 e. The maximum absolute atomic E-state index is 12.1. The second kappa shape index (κ2) is 7.09. The Morgan fingerprint density at radius 2 is 2.30 bits per heavy atom. The summed E-state index contributed by atoms with van der Waals surface area (Å²) >= 11 is 0. The predicted molar refractivity (Wildman–Crippen MR) is 71.4 cm³/mol. The highest BCUT2D eigenvalue weighted by molar-refractivity contribution is 5.98. The van der Waals surface area contributed by atoms with E-state index in [9.17, 15) is 14.9 Å². The Kier molecular flexibility index (Phi) is 5.47. The summed E-state index contributed by atoms with van der Waals surface area (Å²) in [5.74, 6) is -0.672. The van der Waals surface area contributed by atoms with E-state index >= 15 is 0 Å². The van der Waals surface area contributed by atoms with Crippen LogP contribution in [0.25, 0.3) is 0 Å². The third kappa shape index (κ3) is 3.45. The van der Waals surface area contributed by atoms with Crippen LogP contribution in [0.5, 0.6) is 5.75 Å². The first-order valence-electron chi connectivity index (χ1n) is 6.07. The average Bonchev–Trinajstić information content (AvgIpc) is 2.45. The van der Waals surface area contributed by atoms with Gasteiger partial charge < -0.3 is 10.1 Å². The molecule has 0 spiro atoms. The van der Waals surface area contributed by atoms with E-state index in [2.05, 4.69) is 5.32 Å². The highest BCUT2D eigenvalue weighted by Crippen LogP contribution is 2.30. The SMILES string of the molecule is CCCC(C#N)NC(=O)c1cccc([N+](=O)[O-])c1OC. The maximum atomic E-state index is 12.1. The van der Waals surface area contributed by atoms with Gasteiger partial charge in [-0.15, -0.1) is 0 Å². The lowest BCUT2D eigenvalue weighted by Crippen LogP contribution is -2.33. The topological polar surface area (TPSA) is 105 Å². The normalized spacial score (nSPS) is 11.2. The van der Waals surface area contributed by atoms with Crippen molar-refractivity contribution in [1.82, 2.24) is 5.32 Å². The Balaban J connectivity index is 3.07. The number of para-hydroxylation sites is 1. The highest BCUT2D eigenvalue weighted by Gasteiger charge is 2.23. The smallest absolute Gasteiger partial charge is 0.311 e. The molecule has 1 aromatic rings. The zero-order valence-electron chi connectivity index (χ0n) is 11.3. The molecule has 0 radical (unpaired) electrons. The number of nitrogens with one attached hydrogen (secondary N) is 1. The standard InChI is InChI=1S/C13H15N3O4/c1-3-5-9(8-14)15-13(17)10-6-4-7-11(16(18)19)12(10)20-2/h4,6-7,9H,3,5H2,1-2H3,(H,15,17). The lowest BCUT2D eigenvalue weighted by Gasteiger charge is -2.12. The molecule has 1 N–H and O–H groups in total. The highest BCUT2D eigenvalue weighted by atomic mass is 16.6. The van der Waals surface area contributed by atoms with Crippen LogP contribution in [0.2, 0.25) is 0 Å². The number of hydrogen-bond donors (Lipinski definition) is 1. The van der Waals surface area contributed by atoms with Crippen LogP contribution < -0.4 is 10.1 Å². The van der Waals surface area contributed by atoms with E-state index in [0.29, 0.717) is 6.42 Å². The van der Waals surface area contributed by atoms with Crippen LogP contribution in [-0.2, 0) is 0 Å². The van der Waals surface area contributed by atoms with Crippen LogP contribution >= 0.6 is 0 Å². The van der Waals surface area contributed by atoms with Gasteiger partial charge in [0.1, 0.15) is 6.04 Å². The van der Waals surface area contributed by atoms with Crippen LogP contribution in [0.15, 0.2) is 18.2 Å². The third-order valence-electron chi connectivity index (χ3n) is 2.68. The van der Waals surface area contributed by atoms with E-state index < -0.39 is 16.9 Å². The molecular formula is C13H15N3O4. The number of nitro groups is 1. The van der Waals surface area contributed by atoms with Crippen molar-refractivity contribution in [2.45, 2.75) is 25.8 Å². The third-order valence-corrected chi connectivity index (χ3v) is 2.68. The Bertz CT molecular complexity index is 551. The van der Waals surface area contributed by atoms with Gasteiger partial charge >= 0.3 is 5.69 Å². The Hall–Kier alpha value is -2.62. The minimum atomic E-state index is -0.628. The van der Waals surface area contributed by atoms with Crippen molar-refractivity contribution >= 4 is 11.6 Å². The van der Waals surface area contributed by atoms with E-state index in [-0.39, 0.29) is 17.0 Å². The molecule has 1 rings (SSSR count). The van der Waals surface area contributed by atoms with Gasteiger partial charge in [0, 0.05) is 6.07 Å². The number of nitrogens with zero attached hydrogens (tertiary/aromatic N) is 2. The van der Waals surface area contributed by atoms with Gasteiger partial charge in [0.15, 0.2) is 0 Å². The van der Waals surface area contributed by atoms with E-state index in [1.165, 1.54) is 25.3 Å². The zero-order valence-corrected chi connectivity index (χ0v) is 11.3. The first kappa shape index (κ1) is 15.4. The van der Waals surface area contributed by atoms with Crippen molar-refractivity contribution in [2.24, 2.45) is 0 Å². The van der Waals surface area contributed by atoms with E-state index in [4.69, 9.17) is 10.00 Å². The number of methoxy groups -OCH3 is 1. The summed E-state index contributed by atoms with van der Waals surface area (Å²) in [7, 11) is 1.26. The monoisotopic (exact) mass is 277 g/mol. The Labute approximate surface area is 116 Å². The molecule has 7 nitrogen and oxygen atoms in total. The Morgan fingerprint density at radius 1 is 1.60 bits per heavy atom. The molecule has 0 saturated carbocycles. The molecule has 1 aromatic carbocycles. The van der Waals surface area contributed by atoms with Crippen molar-refractivity contribution in [3.63, 3.8) is 0 Å². The van der Waals surface area contributed by atoms with E-state index in [1.807, 2.05) is 13.0 Å². The molecule has 1 unspecified atom stereocenters. The molecular weight excluding hydrogens is 262 g/mol. The van der Waals surface area contributed by atoms with Crippen molar-refractivity contribution in [3.8, 4) is 11.8 Å². The van der Waals surface area contributed by atoms with E-state index in [0.717, 1.165) is 6.42 Å². The van der Waals surface area contributed by atoms with Crippen LogP contribution in [0, 0.1) is 21.4 Å². The predicted octanol–water partition coefficient (Wildman–Crippen LogP) is 2.03. The summed E-state index contributed by atoms with van der Waals surface area (Å²) in [6.45, 7) is 1.89. The summed E-state index contributed by atoms with van der Waals surface area (Å²) in [5, 5.41) is 22.3. The number of ether oxygens (including phenoxy) is 1. The maximum Gasteiger partial charge on any atom is 0.311 e. The van der Waals surface area contributed by atoms with Gasteiger partial charge in [-0.2, -0.15) is 5.26 Å². The van der Waals surface area contributed by atoms with Crippen LogP contribution in [0.3, 0.4) is 0 Å². The second-order valence-electron chi connectivity index (χ2n) is 4.06. The van der Waals surface area contributed by atoms with Crippen LogP contribution in [0.1, 0.15) is 30.1 Å². The molecule has 0 bridgehead atoms. The van der Waals surface area contributed by atoms with Gasteiger partial charge in [0.05, 0.1) is 23.7 Å². The van der Waals surface area contributed by atoms with Gasteiger partial charge in [-0.1, -0.05) is 19.4 Å². The van der Waals surface area contributed by atoms with Crippen LogP contribution in [-0.4, -0.2) is 24.0 Å². The fourth-order valence-corrected chi connectivity index (χ4v) is 1.76. The molecule has 0 fully saturated rings. The molecule has 7 heteroatoms. The Morgan fingerprint density at radius 3 is 2.80 bits per heavy atom. The summed E-state index contributed by atoms with van der Waals surface area (Å²) in [4.78, 5) is 22.3. The molecule has 0 saturated heterocycles. The van der Waals surface area contributed by atoms with Crippen molar-refractivity contribution < 1.29 is 14.5 Å². The number of rotatable bonds is 6. The van der Waals surface area contributed by atoms with Crippen molar-refractivity contribution in [2.75, 3.05) is 7.11 Å². The number of carbonyl (C=O) groups is 1. The zero-order chi connectivity index (χ0) is 15.1. The average molecular weight is 277 g/mol. The summed E-state index contributed by atoms with van der Waals surface area (Å²) < 4.78 is 4.95. The summed E-state index contributed by atoms with van der Waals surface area (Å²) in [5.41, 5.74) is -0.248.